The van der Waals surface area contributed by atoms with E-state index < -0.39 is 11.6 Å². The molecule has 0 aliphatic heterocycles. The molecule has 29 heavy (non-hydrogen) atoms. The van der Waals surface area contributed by atoms with E-state index in [4.69, 9.17) is 4.74 Å². The van der Waals surface area contributed by atoms with Gasteiger partial charge in [-0.15, -0.1) is 0 Å². The van der Waals surface area contributed by atoms with Gasteiger partial charge in [0.1, 0.15) is 24.2 Å². The second-order valence-electron chi connectivity index (χ2n) is 7.58. The molecule has 0 spiro atoms. The number of phenols is 1. The largest absolute Gasteiger partial charge is 0.507 e. The maximum absolute atomic E-state index is 12.2. The lowest BCUT2D eigenvalue weighted by Gasteiger charge is -2.19. The Labute approximate surface area is 168 Å². The minimum absolute atomic E-state index is 0.0551. The fourth-order valence-corrected chi connectivity index (χ4v) is 2.85. The van der Waals surface area contributed by atoms with Gasteiger partial charge >= 0.3 is 5.97 Å². The van der Waals surface area contributed by atoms with E-state index in [0.29, 0.717) is 27.6 Å². The molecule has 2 aromatic heterocycles. The number of carbonyl (C=O) groups excluding carboxylic acids is 2. The number of nitrogens with zero attached hydrogens (tertiary/aromatic N) is 3. The highest BCUT2D eigenvalue weighted by Gasteiger charge is 2.20. The van der Waals surface area contributed by atoms with Crippen LogP contribution in [0.3, 0.4) is 0 Å². The number of hydrogen-bond acceptors (Lipinski definition) is 6. The zero-order valence-corrected chi connectivity index (χ0v) is 16.7. The van der Waals surface area contributed by atoms with Gasteiger partial charge in [0.05, 0.1) is 16.6 Å². The minimum Gasteiger partial charge on any atom is -0.507 e. The molecule has 148 valence electrons. The quantitative estimate of drug-likeness (QED) is 0.419. The summed E-state index contributed by atoms with van der Waals surface area (Å²) in [4.78, 5) is 32.1. The predicted octanol–water partition coefficient (Wildman–Crippen LogP) is 3.08. The molecule has 0 fully saturated rings. The van der Waals surface area contributed by atoms with E-state index in [1.807, 2.05) is 0 Å². The van der Waals surface area contributed by atoms with Gasteiger partial charge in [0.25, 0.3) is 0 Å². The Kier molecular flexibility index (Phi) is 5.37. The highest BCUT2D eigenvalue weighted by molar-refractivity contribution is 6.07. The first-order valence-corrected chi connectivity index (χ1v) is 9.00. The first kappa shape index (κ1) is 20.1. The molecule has 2 heterocycles. The Hall–Kier alpha value is -3.66. The molecule has 0 atom stereocenters. The van der Waals surface area contributed by atoms with Gasteiger partial charge in [-0.3, -0.25) is 9.59 Å². The summed E-state index contributed by atoms with van der Waals surface area (Å²) in [6, 6.07) is 3.14. The zero-order chi connectivity index (χ0) is 21.2. The maximum atomic E-state index is 12.2. The molecule has 0 aliphatic rings. The first-order valence-electron chi connectivity index (χ1n) is 9.00. The van der Waals surface area contributed by atoms with Crippen LogP contribution in [0.15, 0.2) is 37.1 Å². The van der Waals surface area contributed by atoms with E-state index in [-0.39, 0.29) is 18.1 Å². The lowest BCUT2D eigenvalue weighted by molar-refractivity contribution is -0.155. The molecule has 0 unspecified atom stereocenters. The average molecular weight is 391 g/mol. The number of esters is 1. The van der Waals surface area contributed by atoms with Gasteiger partial charge in [-0.05, 0) is 33.8 Å². The molecule has 7 heteroatoms. The van der Waals surface area contributed by atoms with Crippen molar-refractivity contribution in [3.8, 4) is 17.6 Å². The van der Waals surface area contributed by atoms with Crippen LogP contribution >= 0.6 is 0 Å². The summed E-state index contributed by atoms with van der Waals surface area (Å²) < 4.78 is 6.96. The first-order chi connectivity index (χ1) is 13.6. The van der Waals surface area contributed by atoms with E-state index in [0.717, 1.165) is 0 Å². The number of fused-ring (bicyclic) bond motifs is 1. The molecule has 1 N–H and O–H groups in total. The number of ether oxygens (including phenoxy) is 1. The van der Waals surface area contributed by atoms with Crippen LogP contribution in [0.4, 0.5) is 0 Å². The number of carbonyl (C=O) groups is 2. The number of benzene rings is 1. The van der Waals surface area contributed by atoms with Crippen molar-refractivity contribution in [2.24, 2.45) is 0 Å². The van der Waals surface area contributed by atoms with Gasteiger partial charge in [0.2, 0.25) is 0 Å². The third kappa shape index (κ3) is 4.79. The zero-order valence-electron chi connectivity index (χ0n) is 16.7. The molecule has 3 aromatic rings. The van der Waals surface area contributed by atoms with Crippen LogP contribution in [0.1, 0.15) is 49.2 Å². The molecule has 0 saturated carbocycles. The number of Topliss-reactive ketones (excluding diaryl/α,β-unsaturated/α-hetero) is 1. The molecular formula is C22H21N3O4. The van der Waals surface area contributed by atoms with Crippen LogP contribution in [-0.4, -0.2) is 37.0 Å². The summed E-state index contributed by atoms with van der Waals surface area (Å²) >= 11 is 0. The summed E-state index contributed by atoms with van der Waals surface area (Å²) in [7, 11) is 0. The van der Waals surface area contributed by atoms with Crippen molar-refractivity contribution < 1.29 is 19.4 Å². The van der Waals surface area contributed by atoms with Crippen molar-refractivity contribution in [2.45, 2.75) is 39.8 Å². The van der Waals surface area contributed by atoms with Crippen LogP contribution in [0.2, 0.25) is 0 Å². The van der Waals surface area contributed by atoms with E-state index in [2.05, 4.69) is 21.8 Å². The van der Waals surface area contributed by atoms with Crippen LogP contribution in [0.25, 0.3) is 10.9 Å². The summed E-state index contributed by atoms with van der Waals surface area (Å²) in [6.07, 6.45) is 6.13. The molecule has 0 amide bonds. The Morgan fingerprint density at radius 1 is 1.17 bits per heavy atom. The number of aromatic nitrogens is 3. The number of hydrogen-bond donors (Lipinski definition) is 1. The fraction of sp³-hybridized carbons (Fsp3) is 0.273. The van der Waals surface area contributed by atoms with Gasteiger partial charge in [0, 0.05) is 35.6 Å². The van der Waals surface area contributed by atoms with Gasteiger partial charge in [-0.2, -0.15) is 0 Å². The summed E-state index contributed by atoms with van der Waals surface area (Å²) in [6.45, 7) is 6.73. The predicted molar refractivity (Wildman–Crippen MR) is 107 cm³/mol. The summed E-state index contributed by atoms with van der Waals surface area (Å²) in [5.41, 5.74) is 1.33. The van der Waals surface area contributed by atoms with Crippen molar-refractivity contribution >= 4 is 22.7 Å². The molecule has 0 radical (unpaired) electrons. The molecule has 7 nitrogen and oxygen atoms in total. The molecule has 1 aromatic carbocycles. The molecule has 0 bridgehead atoms. The van der Waals surface area contributed by atoms with Crippen LogP contribution in [0.5, 0.6) is 5.75 Å². The topological polar surface area (TPSA) is 94.3 Å². The highest BCUT2D eigenvalue weighted by atomic mass is 16.6. The van der Waals surface area contributed by atoms with Gasteiger partial charge < -0.3 is 14.4 Å². The smallest absolute Gasteiger partial charge is 0.326 e. The SMILES string of the molecule is CC(=O)c1cn(CC(=O)OC(C)(C)C)c2cc(O)c(C#Cc3cncnc3)cc12. The van der Waals surface area contributed by atoms with Gasteiger partial charge in [-0.1, -0.05) is 11.8 Å². The molecule has 3 rings (SSSR count). The Balaban J connectivity index is 2.04. The Bertz CT molecular complexity index is 1150. The van der Waals surface area contributed by atoms with E-state index in [1.54, 1.807) is 50.0 Å². The van der Waals surface area contributed by atoms with Gasteiger partial charge in [-0.25, -0.2) is 9.97 Å². The normalized spacial score (nSPS) is 11.0. The maximum Gasteiger partial charge on any atom is 0.326 e. The van der Waals surface area contributed by atoms with E-state index in [1.165, 1.54) is 19.3 Å². The number of aromatic hydroxyl groups is 1. The van der Waals surface area contributed by atoms with Crippen molar-refractivity contribution in [2.75, 3.05) is 0 Å². The second-order valence-corrected chi connectivity index (χ2v) is 7.58. The van der Waals surface area contributed by atoms with Crippen molar-refractivity contribution in [1.82, 2.24) is 14.5 Å². The van der Waals surface area contributed by atoms with Crippen molar-refractivity contribution in [1.29, 1.82) is 0 Å². The molecule has 0 saturated heterocycles. The Morgan fingerprint density at radius 2 is 1.86 bits per heavy atom. The number of rotatable bonds is 3. The monoisotopic (exact) mass is 391 g/mol. The van der Waals surface area contributed by atoms with Crippen molar-refractivity contribution in [3.05, 3.63) is 53.7 Å². The van der Waals surface area contributed by atoms with Gasteiger partial charge in [0.15, 0.2) is 5.78 Å². The second kappa shape index (κ2) is 7.76. The van der Waals surface area contributed by atoms with E-state index in [9.17, 15) is 14.7 Å². The van der Waals surface area contributed by atoms with E-state index >= 15 is 0 Å². The van der Waals surface area contributed by atoms with Crippen LogP contribution in [0, 0.1) is 11.8 Å². The standard InChI is InChI=1S/C22H21N3O4/c1-14(26)18-11-25(12-21(28)29-22(2,3)4)19-8-20(27)16(7-17(18)19)6-5-15-9-23-13-24-10-15/h7-11,13,27H,12H2,1-4H3. The van der Waals surface area contributed by atoms with Crippen LogP contribution < -0.4 is 0 Å². The molecule has 0 aliphatic carbocycles. The summed E-state index contributed by atoms with van der Waals surface area (Å²) in [5, 5.41) is 11.0. The third-order valence-corrected chi connectivity index (χ3v) is 4.00. The average Bonchev–Trinajstić information content (AvgIpc) is 2.96. The minimum atomic E-state index is -0.616. The fourth-order valence-electron chi connectivity index (χ4n) is 2.85. The Morgan fingerprint density at radius 3 is 2.48 bits per heavy atom. The molecular weight excluding hydrogens is 370 g/mol. The third-order valence-electron chi connectivity index (χ3n) is 4.00. The van der Waals surface area contributed by atoms with Crippen molar-refractivity contribution in [3.63, 3.8) is 0 Å². The number of phenolic OH excluding ortho intramolecular Hbond substituents is 1. The lowest BCUT2D eigenvalue weighted by Crippen LogP contribution is -2.26. The summed E-state index contributed by atoms with van der Waals surface area (Å²) in [5.74, 6) is 5.11. The van der Waals surface area contributed by atoms with Crippen LogP contribution in [-0.2, 0) is 16.1 Å². The highest BCUT2D eigenvalue weighted by Crippen LogP contribution is 2.29. The lowest BCUT2D eigenvalue weighted by atomic mass is 10.1. The number of ketones is 1.